The van der Waals surface area contributed by atoms with Crippen LogP contribution < -0.4 is 9.88 Å². The zero-order chi connectivity index (χ0) is 13.3. The van der Waals surface area contributed by atoms with Crippen LogP contribution in [0.5, 0.6) is 5.75 Å². The minimum Gasteiger partial charge on any atom is -0.404 e. The zero-order valence-corrected chi connectivity index (χ0v) is 8.88. The van der Waals surface area contributed by atoms with Crippen molar-refractivity contribution < 1.29 is 31.1 Å². The Kier molecular flexibility index (Phi) is 3.43. The molecule has 0 aliphatic rings. The standard InChI is InChI=1S/C8H6F3NO4S/c9-8(10,11)16-6-3-1-2-5(4-13)7(6)17(12,14)15/h1-4H,(H2,12,14,15). The number of primary sulfonamides is 1. The van der Waals surface area contributed by atoms with Crippen LogP contribution in [0.1, 0.15) is 10.4 Å². The van der Waals surface area contributed by atoms with Crippen LogP contribution in [-0.4, -0.2) is 21.1 Å². The van der Waals surface area contributed by atoms with Gasteiger partial charge in [0.2, 0.25) is 10.0 Å². The van der Waals surface area contributed by atoms with Crippen molar-refractivity contribution in [3.63, 3.8) is 0 Å². The maximum absolute atomic E-state index is 12.0. The van der Waals surface area contributed by atoms with Crippen LogP contribution in [-0.2, 0) is 10.0 Å². The average Bonchev–Trinajstić information content (AvgIpc) is 2.12. The summed E-state index contributed by atoms with van der Waals surface area (Å²) in [5.74, 6) is -1.04. The van der Waals surface area contributed by atoms with E-state index < -0.39 is 32.6 Å². The number of alkyl halides is 3. The number of hydrogen-bond donors (Lipinski definition) is 1. The van der Waals surface area contributed by atoms with Gasteiger partial charge in [0, 0.05) is 5.56 Å². The molecular formula is C8H6F3NO4S. The molecule has 1 rings (SSSR count). The van der Waals surface area contributed by atoms with Crippen molar-refractivity contribution in [2.45, 2.75) is 11.3 Å². The Bertz CT molecular complexity index is 538. The molecule has 9 heteroatoms. The molecule has 1 aromatic rings. The van der Waals surface area contributed by atoms with Gasteiger partial charge in [0.1, 0.15) is 10.6 Å². The van der Waals surface area contributed by atoms with Crippen molar-refractivity contribution in [3.8, 4) is 5.75 Å². The molecule has 0 saturated heterocycles. The lowest BCUT2D eigenvalue weighted by Gasteiger charge is -2.12. The Labute approximate surface area is 94.0 Å². The monoisotopic (exact) mass is 269 g/mol. The van der Waals surface area contributed by atoms with Gasteiger partial charge in [-0.1, -0.05) is 12.1 Å². The Morgan fingerprint density at radius 1 is 1.29 bits per heavy atom. The lowest BCUT2D eigenvalue weighted by atomic mass is 10.2. The first-order chi connectivity index (χ1) is 7.65. The van der Waals surface area contributed by atoms with E-state index in [4.69, 9.17) is 5.14 Å². The first kappa shape index (κ1) is 13.5. The minimum atomic E-state index is -5.08. The van der Waals surface area contributed by atoms with Crippen molar-refractivity contribution in [3.05, 3.63) is 23.8 Å². The van der Waals surface area contributed by atoms with Gasteiger partial charge in [0.25, 0.3) is 0 Å². The molecule has 0 spiro atoms. The number of aldehydes is 1. The summed E-state index contributed by atoms with van der Waals surface area (Å²) < 4.78 is 61.7. The number of carbonyl (C=O) groups excluding carboxylic acids is 1. The maximum atomic E-state index is 12.0. The summed E-state index contributed by atoms with van der Waals surface area (Å²) in [5, 5.41) is 4.72. The fraction of sp³-hybridized carbons (Fsp3) is 0.125. The van der Waals surface area contributed by atoms with Crippen molar-refractivity contribution in [2.24, 2.45) is 5.14 Å². The molecule has 0 atom stereocenters. The molecule has 0 unspecified atom stereocenters. The number of halogens is 3. The molecule has 0 heterocycles. The van der Waals surface area contributed by atoms with Crippen LogP contribution in [0, 0.1) is 0 Å². The van der Waals surface area contributed by atoms with Crippen LogP contribution in [0.4, 0.5) is 13.2 Å². The fourth-order valence-corrected chi connectivity index (χ4v) is 1.97. The third-order valence-electron chi connectivity index (χ3n) is 1.65. The number of ether oxygens (including phenoxy) is 1. The number of nitrogens with two attached hydrogens (primary N) is 1. The molecule has 94 valence electrons. The molecule has 0 bridgehead atoms. The highest BCUT2D eigenvalue weighted by Crippen LogP contribution is 2.30. The molecule has 0 amide bonds. The summed E-state index contributed by atoms with van der Waals surface area (Å²) in [4.78, 5) is 9.54. The molecule has 0 aromatic heterocycles. The van der Waals surface area contributed by atoms with E-state index in [0.29, 0.717) is 0 Å². The van der Waals surface area contributed by atoms with Crippen molar-refractivity contribution in [1.82, 2.24) is 0 Å². The van der Waals surface area contributed by atoms with E-state index in [1.165, 1.54) is 0 Å². The lowest BCUT2D eigenvalue weighted by molar-refractivity contribution is -0.275. The highest BCUT2D eigenvalue weighted by Gasteiger charge is 2.34. The minimum absolute atomic E-state index is 0.0724. The summed E-state index contributed by atoms with van der Waals surface area (Å²) in [6.45, 7) is 0. The molecule has 0 fully saturated rings. The van der Waals surface area contributed by atoms with Crippen molar-refractivity contribution >= 4 is 16.3 Å². The maximum Gasteiger partial charge on any atom is 0.573 e. The number of rotatable bonds is 3. The Morgan fingerprint density at radius 2 is 1.88 bits per heavy atom. The first-order valence-electron chi connectivity index (χ1n) is 4.02. The van der Waals surface area contributed by atoms with Crippen LogP contribution in [0.3, 0.4) is 0 Å². The van der Waals surface area contributed by atoms with Crippen LogP contribution in [0.15, 0.2) is 23.1 Å². The van der Waals surface area contributed by atoms with E-state index in [9.17, 15) is 26.4 Å². The highest BCUT2D eigenvalue weighted by molar-refractivity contribution is 7.89. The number of carbonyl (C=O) groups is 1. The molecule has 1 aromatic carbocycles. The summed E-state index contributed by atoms with van der Waals surface area (Å²) in [6.07, 6.45) is -5.01. The highest BCUT2D eigenvalue weighted by atomic mass is 32.2. The number of sulfonamides is 1. The predicted octanol–water partition coefficient (Wildman–Crippen LogP) is 1.05. The lowest BCUT2D eigenvalue weighted by Crippen LogP contribution is -2.22. The summed E-state index contributed by atoms with van der Waals surface area (Å²) in [5.41, 5.74) is -0.505. The van der Waals surface area contributed by atoms with Crippen LogP contribution >= 0.6 is 0 Å². The zero-order valence-electron chi connectivity index (χ0n) is 8.06. The molecule has 0 aliphatic heterocycles. The van der Waals surface area contributed by atoms with E-state index in [0.717, 1.165) is 18.2 Å². The van der Waals surface area contributed by atoms with Gasteiger partial charge >= 0.3 is 6.36 Å². The van der Waals surface area contributed by atoms with Crippen LogP contribution in [0.25, 0.3) is 0 Å². The quantitative estimate of drug-likeness (QED) is 0.831. The molecule has 0 aliphatic carbocycles. The Balaban J connectivity index is 3.46. The van der Waals surface area contributed by atoms with Gasteiger partial charge in [-0.15, -0.1) is 13.2 Å². The summed E-state index contributed by atoms with van der Waals surface area (Å²) in [7, 11) is -4.50. The third kappa shape index (κ3) is 3.43. The van der Waals surface area contributed by atoms with Crippen molar-refractivity contribution in [1.29, 1.82) is 0 Å². The Morgan fingerprint density at radius 3 is 2.29 bits per heavy atom. The third-order valence-corrected chi connectivity index (χ3v) is 2.65. The Hall–Kier alpha value is -1.61. The van der Waals surface area contributed by atoms with Crippen molar-refractivity contribution in [2.75, 3.05) is 0 Å². The fourth-order valence-electron chi connectivity index (χ4n) is 1.14. The predicted molar refractivity (Wildman–Crippen MR) is 49.9 cm³/mol. The van der Waals surface area contributed by atoms with Gasteiger partial charge in [-0.25, -0.2) is 13.6 Å². The molecule has 0 radical (unpaired) electrons. The van der Waals surface area contributed by atoms with E-state index >= 15 is 0 Å². The van der Waals surface area contributed by atoms with Gasteiger partial charge in [0.15, 0.2) is 6.29 Å². The molecule has 5 nitrogen and oxygen atoms in total. The molecule has 2 N–H and O–H groups in total. The molecular weight excluding hydrogens is 263 g/mol. The van der Waals surface area contributed by atoms with E-state index in [1.807, 2.05) is 0 Å². The summed E-state index contributed by atoms with van der Waals surface area (Å²) >= 11 is 0. The molecule has 0 saturated carbocycles. The number of benzene rings is 1. The summed E-state index contributed by atoms with van der Waals surface area (Å²) in [6, 6.07) is 2.80. The molecule has 17 heavy (non-hydrogen) atoms. The number of hydrogen-bond acceptors (Lipinski definition) is 4. The van der Waals surface area contributed by atoms with Crippen LogP contribution in [0.2, 0.25) is 0 Å². The second-order valence-corrected chi connectivity index (χ2v) is 4.38. The van der Waals surface area contributed by atoms with Gasteiger partial charge in [0.05, 0.1) is 0 Å². The van der Waals surface area contributed by atoms with E-state index in [-0.39, 0.29) is 6.29 Å². The first-order valence-corrected chi connectivity index (χ1v) is 5.56. The van der Waals surface area contributed by atoms with Gasteiger partial charge in [-0.2, -0.15) is 0 Å². The second-order valence-electron chi connectivity index (χ2n) is 2.89. The van der Waals surface area contributed by atoms with Gasteiger partial charge in [-0.3, -0.25) is 4.79 Å². The van der Waals surface area contributed by atoms with E-state index in [1.54, 1.807) is 0 Å². The second kappa shape index (κ2) is 4.34. The average molecular weight is 269 g/mol. The topological polar surface area (TPSA) is 86.5 Å². The smallest absolute Gasteiger partial charge is 0.404 e. The van der Waals surface area contributed by atoms with Gasteiger partial charge < -0.3 is 4.74 Å². The largest absolute Gasteiger partial charge is 0.573 e. The van der Waals surface area contributed by atoms with Gasteiger partial charge in [-0.05, 0) is 6.07 Å². The van der Waals surface area contributed by atoms with E-state index in [2.05, 4.69) is 4.74 Å². The normalized spacial score (nSPS) is 12.2. The SMILES string of the molecule is NS(=O)(=O)c1c(C=O)cccc1OC(F)(F)F.